The van der Waals surface area contributed by atoms with Crippen LogP contribution in [0.5, 0.6) is 11.9 Å². The molecule has 3 saturated carbocycles. The molecule has 3 saturated heterocycles. The third-order valence-corrected chi connectivity index (χ3v) is 13.4. The highest BCUT2D eigenvalue weighted by molar-refractivity contribution is 6.33. The van der Waals surface area contributed by atoms with Crippen molar-refractivity contribution >= 4 is 39.2 Å². The van der Waals surface area contributed by atoms with Gasteiger partial charge in [-0.25, -0.2) is 9.37 Å². The fraction of sp³-hybridized carbons (Fsp3) is 0.659. The van der Waals surface area contributed by atoms with Crippen LogP contribution in [0.15, 0.2) is 12.3 Å². The molecular formula is C41H53ClFN7O5. The summed E-state index contributed by atoms with van der Waals surface area (Å²) in [6.45, 7) is 11.4. The first-order valence-electron chi connectivity index (χ1n) is 20.3. The Hall–Kier alpha value is -3.36. The zero-order chi connectivity index (χ0) is 38.1. The van der Waals surface area contributed by atoms with Crippen LogP contribution in [-0.2, 0) is 9.47 Å². The van der Waals surface area contributed by atoms with Gasteiger partial charge in [-0.1, -0.05) is 31.9 Å². The molecule has 5 unspecified atom stereocenters. The summed E-state index contributed by atoms with van der Waals surface area (Å²) >= 11 is 6.89. The number of H-pyrrole nitrogens is 1. The molecular weight excluding hydrogens is 725 g/mol. The fourth-order valence-electron chi connectivity index (χ4n) is 10.3. The van der Waals surface area contributed by atoms with Crippen LogP contribution in [0.25, 0.3) is 33.1 Å². The fourth-order valence-corrected chi connectivity index (χ4v) is 10.7. The number of halogens is 2. The van der Waals surface area contributed by atoms with Gasteiger partial charge in [0.15, 0.2) is 5.82 Å². The van der Waals surface area contributed by atoms with Gasteiger partial charge in [-0.3, -0.25) is 10.00 Å². The molecule has 0 bridgehead atoms. The molecule has 14 heteroatoms. The number of fused-ring (bicyclic) bond motifs is 4. The van der Waals surface area contributed by atoms with E-state index in [0.29, 0.717) is 53.1 Å². The average Bonchev–Trinajstić information content (AvgIpc) is 3.92. The first-order valence-corrected chi connectivity index (χ1v) is 20.7. The number of aromatic nitrogens is 5. The van der Waals surface area contributed by atoms with Gasteiger partial charge in [0.1, 0.15) is 28.0 Å². The van der Waals surface area contributed by atoms with Crippen LogP contribution in [0.1, 0.15) is 77.2 Å². The smallest absolute Gasteiger partial charge is 0.319 e. The highest BCUT2D eigenvalue weighted by Gasteiger charge is 2.56. The number of piperidine rings is 1. The van der Waals surface area contributed by atoms with Crippen molar-refractivity contribution in [3.05, 3.63) is 28.7 Å². The lowest BCUT2D eigenvalue weighted by molar-refractivity contribution is -0.0123. The van der Waals surface area contributed by atoms with Crippen LogP contribution in [0.3, 0.4) is 0 Å². The number of hydrogen-bond donors (Lipinski definition) is 2. The van der Waals surface area contributed by atoms with E-state index in [4.69, 9.17) is 45.5 Å². The predicted molar refractivity (Wildman–Crippen MR) is 209 cm³/mol. The number of likely N-dealkylation sites (tertiary alicyclic amines) is 1. The van der Waals surface area contributed by atoms with Crippen LogP contribution in [0.4, 0.5) is 10.2 Å². The van der Waals surface area contributed by atoms with Crippen LogP contribution in [0, 0.1) is 29.0 Å². The highest BCUT2D eigenvalue weighted by Crippen LogP contribution is 2.55. The number of ether oxygens (including phenoxy) is 4. The van der Waals surface area contributed by atoms with E-state index in [1.807, 2.05) is 24.8 Å². The van der Waals surface area contributed by atoms with Crippen molar-refractivity contribution in [3.63, 3.8) is 0 Å². The molecule has 10 rings (SSSR count). The Balaban J connectivity index is 0.00000195. The van der Waals surface area contributed by atoms with Crippen molar-refractivity contribution in [3.8, 4) is 23.1 Å². The monoisotopic (exact) mass is 777 g/mol. The number of nitrogens with one attached hydrogen (secondary N) is 1. The number of hydrogen-bond acceptors (Lipinski definition) is 11. The minimum Gasteiger partial charge on any atom is -0.480 e. The Labute approximate surface area is 326 Å². The van der Waals surface area contributed by atoms with Crippen LogP contribution in [0.2, 0.25) is 5.02 Å². The van der Waals surface area contributed by atoms with Crippen molar-refractivity contribution in [2.75, 3.05) is 71.2 Å². The quantitative estimate of drug-likeness (QED) is 0.187. The van der Waals surface area contributed by atoms with Gasteiger partial charge in [0.05, 0.1) is 58.4 Å². The zero-order valence-electron chi connectivity index (χ0n) is 32.4. The van der Waals surface area contributed by atoms with E-state index in [-0.39, 0.29) is 47.6 Å². The number of aromatic amines is 1. The molecule has 3 aliphatic carbocycles. The Morgan fingerprint density at radius 3 is 2.65 bits per heavy atom. The van der Waals surface area contributed by atoms with Gasteiger partial charge >= 0.3 is 6.01 Å². The minimum absolute atomic E-state index is 0.0240. The van der Waals surface area contributed by atoms with Crippen molar-refractivity contribution in [1.29, 1.82) is 0 Å². The number of methoxy groups -OCH3 is 1. The summed E-state index contributed by atoms with van der Waals surface area (Å²) in [7, 11) is 1.52. The number of pyridine rings is 1. The van der Waals surface area contributed by atoms with Gasteiger partial charge in [-0.05, 0) is 87.3 Å². The first-order chi connectivity index (χ1) is 26.7. The largest absolute Gasteiger partial charge is 0.480 e. The minimum atomic E-state index is -1.17. The van der Waals surface area contributed by atoms with E-state index in [0.717, 1.165) is 100.0 Å². The van der Waals surface area contributed by atoms with Crippen LogP contribution in [-0.4, -0.2) is 113 Å². The van der Waals surface area contributed by atoms with E-state index in [9.17, 15) is 5.11 Å². The number of β-amino-alcohol motifs (C(OH)–C–C–N with tert-alkyl or cyclic N) is 1. The zero-order valence-corrected chi connectivity index (χ0v) is 33.1. The molecule has 5 atom stereocenters. The standard InChI is InChI=1S/C39H47ClFN7O5.C2H6/c1-38(49)18-48(11-12-51-19-38)35-31-34(32(41)33(43-36(31)50-2)30-22-14-42-46-27(22)13-26(40)29(30)21-6-7-21)44-37(45-35)53-20-39-8-3-5-28(39)47(10-4-9-39)15-23-24-16-52-17-25(23)24;1-2/h13-14,21,23-25,28,49H,3-12,15-20H2,1-2H3,(H,42,46);1-2H3. The number of nitrogens with zero attached hydrogens (tertiary/aromatic N) is 6. The number of anilines is 1. The first kappa shape index (κ1) is 37.2. The van der Waals surface area contributed by atoms with E-state index in [1.165, 1.54) is 7.11 Å². The second-order valence-corrected chi connectivity index (χ2v) is 17.2. The molecule has 2 N–H and O–H groups in total. The van der Waals surface area contributed by atoms with E-state index in [2.05, 4.69) is 15.1 Å². The molecule has 0 radical (unpaired) electrons. The average molecular weight is 778 g/mol. The van der Waals surface area contributed by atoms with Crippen molar-refractivity contribution < 1.29 is 28.4 Å². The van der Waals surface area contributed by atoms with Gasteiger partial charge in [0.25, 0.3) is 0 Å². The van der Waals surface area contributed by atoms with E-state index < -0.39 is 11.4 Å². The van der Waals surface area contributed by atoms with Crippen LogP contribution >= 0.6 is 11.6 Å². The summed E-state index contributed by atoms with van der Waals surface area (Å²) in [5.74, 6) is 2.34. The molecule has 1 aromatic carbocycles. The van der Waals surface area contributed by atoms with Crippen molar-refractivity contribution in [1.82, 2.24) is 30.0 Å². The second-order valence-electron chi connectivity index (χ2n) is 16.7. The molecule has 3 aliphatic heterocycles. The number of benzene rings is 1. The molecule has 6 fully saturated rings. The summed E-state index contributed by atoms with van der Waals surface area (Å²) < 4.78 is 41.6. The van der Waals surface area contributed by atoms with Crippen molar-refractivity contribution in [2.45, 2.75) is 83.3 Å². The SMILES string of the molecule is CC.COc1nc(-c2c(C3CC3)c(Cl)cc3[nH]ncc23)c(F)c2nc(OCC34CCCC3N(CC3C5COCC53)CCC4)nc(N3CCOCC(C)(O)C3)c12. The number of aliphatic hydroxyl groups is 1. The van der Waals surface area contributed by atoms with Gasteiger partial charge < -0.3 is 29.0 Å². The molecule has 6 heterocycles. The topological polar surface area (TPSA) is 131 Å². The summed E-state index contributed by atoms with van der Waals surface area (Å²) in [6.07, 6.45) is 9.20. The summed E-state index contributed by atoms with van der Waals surface area (Å²) in [5.41, 5.74) is 1.09. The molecule has 0 amide bonds. The van der Waals surface area contributed by atoms with E-state index in [1.54, 1.807) is 13.1 Å². The Kier molecular flexibility index (Phi) is 9.84. The molecule has 6 aliphatic rings. The lowest BCUT2D eigenvalue weighted by Crippen LogP contribution is -2.52. The lowest BCUT2D eigenvalue weighted by atomic mass is 9.75. The molecule has 4 aromatic rings. The summed E-state index contributed by atoms with van der Waals surface area (Å²) in [6, 6.07) is 2.39. The summed E-state index contributed by atoms with van der Waals surface area (Å²) in [5, 5.41) is 20.1. The maximum absolute atomic E-state index is 17.5. The third-order valence-electron chi connectivity index (χ3n) is 13.1. The Morgan fingerprint density at radius 1 is 1.07 bits per heavy atom. The van der Waals surface area contributed by atoms with Crippen LogP contribution < -0.4 is 14.4 Å². The van der Waals surface area contributed by atoms with E-state index >= 15 is 4.39 Å². The van der Waals surface area contributed by atoms with Gasteiger partial charge in [-0.15, -0.1) is 0 Å². The normalized spacial score (nSPS) is 30.5. The maximum atomic E-state index is 17.5. The molecule has 3 aromatic heterocycles. The Morgan fingerprint density at radius 2 is 1.87 bits per heavy atom. The van der Waals surface area contributed by atoms with Gasteiger partial charge in [0, 0.05) is 40.5 Å². The highest BCUT2D eigenvalue weighted by atomic mass is 35.5. The second kappa shape index (κ2) is 14.5. The molecule has 12 nitrogen and oxygen atoms in total. The Bertz CT molecular complexity index is 2070. The maximum Gasteiger partial charge on any atom is 0.319 e. The van der Waals surface area contributed by atoms with Gasteiger partial charge in [-0.2, -0.15) is 15.1 Å². The molecule has 0 spiro atoms. The lowest BCUT2D eigenvalue weighted by Gasteiger charge is -2.46. The van der Waals surface area contributed by atoms with Crippen molar-refractivity contribution in [2.24, 2.45) is 23.2 Å². The molecule has 296 valence electrons. The third kappa shape index (κ3) is 6.61. The molecule has 55 heavy (non-hydrogen) atoms. The summed E-state index contributed by atoms with van der Waals surface area (Å²) in [4.78, 5) is 19.3. The van der Waals surface area contributed by atoms with Gasteiger partial charge in [0.2, 0.25) is 5.88 Å². The predicted octanol–water partition coefficient (Wildman–Crippen LogP) is 6.77. The number of rotatable bonds is 9.